The first-order valence-corrected chi connectivity index (χ1v) is 5.73. The zero-order chi connectivity index (χ0) is 14.9. The number of benzene rings is 1. The Labute approximate surface area is 114 Å². The van der Waals surface area contributed by atoms with E-state index < -0.39 is 5.92 Å². The lowest BCUT2D eigenvalue weighted by atomic mass is 10.0. The predicted molar refractivity (Wildman–Crippen MR) is 69.0 cm³/mol. The van der Waals surface area contributed by atoms with Crippen molar-refractivity contribution in [3.05, 3.63) is 23.9 Å². The van der Waals surface area contributed by atoms with Crippen molar-refractivity contribution in [2.45, 2.75) is 12.8 Å². The molecule has 5 nitrogen and oxygen atoms in total. The van der Waals surface area contributed by atoms with Crippen LogP contribution in [0.5, 0.6) is 11.5 Å². The van der Waals surface area contributed by atoms with Crippen LogP contribution in [-0.4, -0.2) is 19.4 Å². The number of nitrogens with zero attached hydrogens (tertiary/aromatic N) is 1. The summed E-state index contributed by atoms with van der Waals surface area (Å²) in [6.07, 6.45) is 1.36. The molecule has 0 radical (unpaired) electrons. The lowest BCUT2D eigenvalue weighted by Crippen LogP contribution is -2.10. The Morgan fingerprint density at radius 3 is 2.40 bits per heavy atom. The molecule has 1 aromatic heterocycles. The number of ether oxygens (including phenoxy) is 2. The lowest BCUT2D eigenvalue weighted by Gasteiger charge is -2.18. The van der Waals surface area contributed by atoms with E-state index in [0.29, 0.717) is 11.1 Å². The minimum Gasteiger partial charge on any atom is -0.493 e. The number of alkyl halides is 2. The Kier molecular flexibility index (Phi) is 3.52. The van der Waals surface area contributed by atoms with E-state index in [1.54, 1.807) is 0 Å². The maximum absolute atomic E-state index is 13.7. The minimum absolute atomic E-state index is 0.0150. The zero-order valence-electron chi connectivity index (χ0n) is 11.2. The Morgan fingerprint density at radius 2 is 1.95 bits per heavy atom. The highest BCUT2D eigenvalue weighted by Crippen LogP contribution is 2.44. The molecule has 2 aromatic rings. The number of halogens is 2. The van der Waals surface area contributed by atoms with Crippen LogP contribution >= 0.6 is 0 Å². The van der Waals surface area contributed by atoms with Crippen LogP contribution in [0.2, 0.25) is 0 Å². The fourth-order valence-electron chi connectivity index (χ4n) is 1.91. The van der Waals surface area contributed by atoms with Crippen molar-refractivity contribution >= 4 is 5.88 Å². The average molecular weight is 284 g/mol. The maximum atomic E-state index is 13.7. The first-order chi connectivity index (χ1) is 9.38. The second-order valence-electron chi connectivity index (χ2n) is 4.25. The molecule has 0 atom stereocenters. The summed E-state index contributed by atoms with van der Waals surface area (Å²) in [4.78, 5) is 0. The van der Waals surface area contributed by atoms with Crippen LogP contribution in [0.3, 0.4) is 0 Å². The van der Waals surface area contributed by atoms with E-state index in [0.717, 1.165) is 6.92 Å². The second kappa shape index (κ2) is 4.99. The van der Waals surface area contributed by atoms with Gasteiger partial charge in [-0.25, -0.2) is 8.78 Å². The standard InChI is InChI=1S/C13H14F2N2O3/c1-13(14,15)9-4-7(8-6-17-20-12(8)16)5-10(18-2)11(9)19-3/h4-6H,16H2,1-3H3. The number of nitrogen functional groups attached to an aromatic ring is 1. The van der Waals surface area contributed by atoms with Gasteiger partial charge >= 0.3 is 0 Å². The van der Waals surface area contributed by atoms with Crippen molar-refractivity contribution in [2.75, 3.05) is 20.0 Å². The quantitative estimate of drug-likeness (QED) is 0.934. The Hall–Kier alpha value is -2.31. The third-order valence-electron chi connectivity index (χ3n) is 2.86. The molecule has 0 amide bonds. The van der Waals surface area contributed by atoms with Gasteiger partial charge in [-0.05, 0) is 17.7 Å². The van der Waals surface area contributed by atoms with E-state index in [1.807, 2.05) is 0 Å². The zero-order valence-corrected chi connectivity index (χ0v) is 11.2. The van der Waals surface area contributed by atoms with E-state index in [2.05, 4.69) is 5.16 Å². The van der Waals surface area contributed by atoms with Gasteiger partial charge in [0, 0.05) is 6.92 Å². The normalized spacial score (nSPS) is 11.4. The van der Waals surface area contributed by atoms with Crippen LogP contribution in [0.15, 0.2) is 22.9 Å². The largest absolute Gasteiger partial charge is 0.493 e. The molecule has 1 heterocycles. The molecule has 7 heteroatoms. The van der Waals surface area contributed by atoms with Crippen molar-refractivity contribution in [1.29, 1.82) is 0 Å². The van der Waals surface area contributed by atoms with E-state index in [-0.39, 0.29) is 22.9 Å². The summed E-state index contributed by atoms with van der Waals surface area (Å²) in [5.41, 5.74) is 6.14. The van der Waals surface area contributed by atoms with Gasteiger partial charge in [-0.2, -0.15) is 0 Å². The second-order valence-corrected chi connectivity index (χ2v) is 4.25. The Balaban J connectivity index is 2.71. The molecule has 2 N–H and O–H groups in total. The van der Waals surface area contributed by atoms with Crippen LogP contribution in [-0.2, 0) is 5.92 Å². The van der Waals surface area contributed by atoms with Gasteiger partial charge in [0.1, 0.15) is 0 Å². The van der Waals surface area contributed by atoms with E-state index in [1.165, 1.54) is 32.5 Å². The first kappa shape index (κ1) is 14.1. The Morgan fingerprint density at radius 1 is 1.25 bits per heavy atom. The molecule has 0 aliphatic carbocycles. The van der Waals surface area contributed by atoms with Crippen molar-refractivity contribution < 1.29 is 22.8 Å². The molecule has 0 saturated heterocycles. The Bertz CT molecular complexity index is 621. The fraction of sp³-hybridized carbons (Fsp3) is 0.308. The molecule has 20 heavy (non-hydrogen) atoms. The summed E-state index contributed by atoms with van der Waals surface area (Å²) >= 11 is 0. The molecule has 0 aliphatic rings. The third-order valence-corrected chi connectivity index (χ3v) is 2.86. The molecule has 0 fully saturated rings. The van der Waals surface area contributed by atoms with Crippen LogP contribution in [0.1, 0.15) is 12.5 Å². The number of rotatable bonds is 4. The number of aromatic nitrogens is 1. The van der Waals surface area contributed by atoms with Crippen molar-refractivity contribution in [1.82, 2.24) is 5.16 Å². The van der Waals surface area contributed by atoms with Gasteiger partial charge in [-0.15, -0.1) is 0 Å². The van der Waals surface area contributed by atoms with Crippen LogP contribution in [0, 0.1) is 0 Å². The topological polar surface area (TPSA) is 70.5 Å². The van der Waals surface area contributed by atoms with E-state index in [9.17, 15) is 8.78 Å². The number of anilines is 1. The fourth-order valence-corrected chi connectivity index (χ4v) is 1.91. The summed E-state index contributed by atoms with van der Waals surface area (Å²) in [6.45, 7) is 0.783. The van der Waals surface area contributed by atoms with Crippen molar-refractivity contribution in [3.63, 3.8) is 0 Å². The van der Waals surface area contributed by atoms with Gasteiger partial charge in [0.25, 0.3) is 5.92 Å². The van der Waals surface area contributed by atoms with Gasteiger partial charge in [-0.3, -0.25) is 0 Å². The molecule has 0 saturated carbocycles. The summed E-state index contributed by atoms with van der Waals surface area (Å²) in [5.74, 6) is -2.89. The molecule has 0 unspecified atom stereocenters. The SMILES string of the molecule is COc1cc(-c2cnoc2N)cc(C(C)(F)F)c1OC. The number of hydrogen-bond donors (Lipinski definition) is 1. The van der Waals surface area contributed by atoms with Gasteiger partial charge in [0.2, 0.25) is 5.88 Å². The molecule has 0 spiro atoms. The number of methoxy groups -OCH3 is 2. The molecular formula is C13H14F2N2O3. The van der Waals surface area contributed by atoms with Crippen LogP contribution in [0.4, 0.5) is 14.7 Å². The van der Waals surface area contributed by atoms with Crippen LogP contribution in [0.25, 0.3) is 11.1 Å². The first-order valence-electron chi connectivity index (χ1n) is 5.73. The molecular weight excluding hydrogens is 270 g/mol. The predicted octanol–water partition coefficient (Wildman–Crippen LogP) is 3.05. The summed E-state index contributed by atoms with van der Waals surface area (Å²) in [7, 11) is 2.68. The van der Waals surface area contributed by atoms with Gasteiger partial charge < -0.3 is 19.7 Å². The van der Waals surface area contributed by atoms with Gasteiger partial charge in [0.05, 0.1) is 31.5 Å². The summed E-state index contributed by atoms with van der Waals surface area (Å²) in [5, 5.41) is 3.53. The highest BCUT2D eigenvalue weighted by molar-refractivity contribution is 5.75. The average Bonchev–Trinajstić information content (AvgIpc) is 2.82. The monoisotopic (exact) mass is 284 g/mol. The third kappa shape index (κ3) is 2.38. The number of hydrogen-bond acceptors (Lipinski definition) is 5. The molecule has 1 aromatic carbocycles. The minimum atomic E-state index is -3.10. The molecule has 2 rings (SSSR count). The van der Waals surface area contributed by atoms with E-state index >= 15 is 0 Å². The highest BCUT2D eigenvalue weighted by Gasteiger charge is 2.31. The summed E-state index contributed by atoms with van der Waals surface area (Å²) in [6, 6.07) is 2.82. The molecule has 108 valence electrons. The van der Waals surface area contributed by atoms with E-state index in [4.69, 9.17) is 19.7 Å². The highest BCUT2D eigenvalue weighted by atomic mass is 19.3. The van der Waals surface area contributed by atoms with Gasteiger partial charge in [-0.1, -0.05) is 5.16 Å². The lowest BCUT2D eigenvalue weighted by molar-refractivity contribution is 0.0148. The van der Waals surface area contributed by atoms with Crippen molar-refractivity contribution in [3.8, 4) is 22.6 Å². The maximum Gasteiger partial charge on any atom is 0.274 e. The smallest absolute Gasteiger partial charge is 0.274 e. The summed E-state index contributed by atoms with van der Waals surface area (Å²) < 4.78 is 42.3. The van der Waals surface area contributed by atoms with Crippen LogP contribution < -0.4 is 15.2 Å². The molecule has 0 bridgehead atoms. The number of nitrogens with two attached hydrogens (primary N) is 1. The van der Waals surface area contributed by atoms with Crippen molar-refractivity contribution in [2.24, 2.45) is 0 Å². The molecule has 0 aliphatic heterocycles. The van der Waals surface area contributed by atoms with Gasteiger partial charge in [0.15, 0.2) is 11.5 Å².